The quantitative estimate of drug-likeness (QED) is 0.497. The zero-order valence-electron chi connectivity index (χ0n) is 9.28. The summed E-state index contributed by atoms with van der Waals surface area (Å²) in [4.78, 5) is 31.9. The SMILES string of the molecule is Cn1c(=O)[nH]c(=O)c2[nH]c(NCCCO)nc21. The predicted molar refractivity (Wildman–Crippen MR) is 62.1 cm³/mol. The molecule has 92 valence electrons. The van der Waals surface area contributed by atoms with Gasteiger partial charge >= 0.3 is 5.69 Å². The molecule has 2 aromatic rings. The molecule has 2 aromatic heterocycles. The minimum absolute atomic E-state index is 0.0757. The van der Waals surface area contributed by atoms with Crippen LogP contribution in [0.5, 0.6) is 0 Å². The molecule has 0 radical (unpaired) electrons. The first-order valence-electron chi connectivity index (χ1n) is 5.17. The second-order valence-electron chi connectivity index (χ2n) is 3.61. The molecule has 0 bridgehead atoms. The minimum Gasteiger partial charge on any atom is -0.396 e. The maximum Gasteiger partial charge on any atom is 0.329 e. The largest absolute Gasteiger partial charge is 0.396 e. The zero-order chi connectivity index (χ0) is 12.4. The number of rotatable bonds is 4. The fourth-order valence-corrected chi connectivity index (χ4v) is 1.47. The summed E-state index contributed by atoms with van der Waals surface area (Å²) in [7, 11) is 1.53. The number of imidazole rings is 1. The van der Waals surface area contributed by atoms with Crippen LogP contribution in [0.3, 0.4) is 0 Å². The normalized spacial score (nSPS) is 10.9. The van der Waals surface area contributed by atoms with Crippen LogP contribution in [0.4, 0.5) is 5.95 Å². The topological polar surface area (TPSA) is 116 Å². The van der Waals surface area contributed by atoms with Crippen LogP contribution in [-0.4, -0.2) is 37.8 Å². The van der Waals surface area contributed by atoms with E-state index >= 15 is 0 Å². The summed E-state index contributed by atoms with van der Waals surface area (Å²) in [6.07, 6.45) is 0.576. The van der Waals surface area contributed by atoms with Gasteiger partial charge in [0.05, 0.1) is 0 Å². The van der Waals surface area contributed by atoms with Crippen LogP contribution in [0.15, 0.2) is 9.59 Å². The van der Waals surface area contributed by atoms with Crippen LogP contribution in [0, 0.1) is 0 Å². The molecule has 0 aliphatic heterocycles. The molecule has 0 aromatic carbocycles. The van der Waals surface area contributed by atoms with Crippen molar-refractivity contribution in [3.05, 3.63) is 20.8 Å². The van der Waals surface area contributed by atoms with E-state index in [9.17, 15) is 9.59 Å². The third-order valence-electron chi connectivity index (χ3n) is 2.38. The van der Waals surface area contributed by atoms with Gasteiger partial charge in [-0.3, -0.25) is 14.3 Å². The van der Waals surface area contributed by atoms with Crippen LogP contribution in [0.25, 0.3) is 11.2 Å². The maximum absolute atomic E-state index is 11.5. The Kier molecular flexibility index (Phi) is 2.96. The first-order valence-corrected chi connectivity index (χ1v) is 5.17. The lowest BCUT2D eigenvalue weighted by Gasteiger charge is -1.98. The van der Waals surface area contributed by atoms with Crippen molar-refractivity contribution in [3.63, 3.8) is 0 Å². The summed E-state index contributed by atoms with van der Waals surface area (Å²) in [5.41, 5.74) is -0.453. The van der Waals surface area contributed by atoms with Gasteiger partial charge in [-0.1, -0.05) is 0 Å². The summed E-state index contributed by atoms with van der Waals surface area (Å²) in [6, 6.07) is 0. The predicted octanol–water partition coefficient (Wildman–Crippen LogP) is -1.26. The molecule has 2 rings (SSSR count). The van der Waals surface area contributed by atoms with E-state index in [-0.39, 0.29) is 12.1 Å². The van der Waals surface area contributed by atoms with E-state index in [2.05, 4.69) is 20.3 Å². The Morgan fingerprint density at radius 2 is 2.18 bits per heavy atom. The molecule has 0 spiro atoms. The van der Waals surface area contributed by atoms with Gasteiger partial charge in [-0.25, -0.2) is 4.79 Å². The second-order valence-corrected chi connectivity index (χ2v) is 3.61. The summed E-state index contributed by atoms with van der Waals surface area (Å²) in [5.74, 6) is 0.403. The molecule has 8 nitrogen and oxygen atoms in total. The molecular weight excluding hydrogens is 226 g/mol. The van der Waals surface area contributed by atoms with Crippen molar-refractivity contribution in [3.8, 4) is 0 Å². The number of aliphatic hydroxyl groups is 1. The average molecular weight is 239 g/mol. The first-order chi connectivity index (χ1) is 8.13. The van der Waals surface area contributed by atoms with Gasteiger partial charge in [0.25, 0.3) is 5.56 Å². The van der Waals surface area contributed by atoms with Crippen molar-refractivity contribution in [2.75, 3.05) is 18.5 Å². The van der Waals surface area contributed by atoms with E-state index in [1.165, 1.54) is 11.6 Å². The number of nitrogens with zero attached hydrogens (tertiary/aromatic N) is 2. The molecule has 2 heterocycles. The van der Waals surface area contributed by atoms with Gasteiger partial charge in [-0.05, 0) is 6.42 Å². The van der Waals surface area contributed by atoms with Gasteiger partial charge in [0.2, 0.25) is 5.95 Å². The van der Waals surface area contributed by atoms with Crippen molar-refractivity contribution in [1.82, 2.24) is 19.5 Å². The van der Waals surface area contributed by atoms with Crippen molar-refractivity contribution < 1.29 is 5.11 Å². The van der Waals surface area contributed by atoms with Gasteiger partial charge in [0.1, 0.15) is 0 Å². The molecular formula is C9H13N5O3. The van der Waals surface area contributed by atoms with Gasteiger partial charge < -0.3 is 15.4 Å². The van der Waals surface area contributed by atoms with E-state index in [4.69, 9.17) is 5.11 Å². The number of hydrogen-bond donors (Lipinski definition) is 4. The molecule has 0 fully saturated rings. The highest BCUT2D eigenvalue weighted by Gasteiger charge is 2.09. The molecule has 0 amide bonds. The molecule has 0 aliphatic carbocycles. The molecule has 0 saturated carbocycles. The van der Waals surface area contributed by atoms with Gasteiger partial charge in [-0.15, -0.1) is 0 Å². The van der Waals surface area contributed by atoms with Crippen LogP contribution in [0.1, 0.15) is 6.42 Å². The van der Waals surface area contributed by atoms with E-state index in [0.717, 1.165) is 0 Å². The zero-order valence-corrected chi connectivity index (χ0v) is 9.28. The highest BCUT2D eigenvalue weighted by Crippen LogP contribution is 2.07. The molecule has 4 N–H and O–H groups in total. The highest BCUT2D eigenvalue weighted by molar-refractivity contribution is 5.72. The molecule has 0 saturated heterocycles. The Balaban J connectivity index is 2.43. The van der Waals surface area contributed by atoms with E-state index in [0.29, 0.717) is 24.6 Å². The van der Waals surface area contributed by atoms with Crippen molar-refractivity contribution in [2.24, 2.45) is 7.05 Å². The lowest BCUT2D eigenvalue weighted by Crippen LogP contribution is -2.28. The average Bonchev–Trinajstić information content (AvgIpc) is 2.71. The lowest BCUT2D eigenvalue weighted by molar-refractivity contribution is 0.292. The number of H-pyrrole nitrogens is 2. The van der Waals surface area contributed by atoms with Crippen molar-refractivity contribution in [2.45, 2.75) is 6.42 Å². The van der Waals surface area contributed by atoms with Crippen molar-refractivity contribution in [1.29, 1.82) is 0 Å². The third kappa shape index (κ3) is 2.07. The Hall–Kier alpha value is -2.09. The van der Waals surface area contributed by atoms with E-state index in [1.54, 1.807) is 0 Å². The monoisotopic (exact) mass is 239 g/mol. The van der Waals surface area contributed by atoms with Crippen molar-refractivity contribution >= 4 is 17.1 Å². The van der Waals surface area contributed by atoms with Crippen LogP contribution in [-0.2, 0) is 7.05 Å². The highest BCUT2D eigenvalue weighted by atomic mass is 16.3. The summed E-state index contributed by atoms with van der Waals surface area (Å²) < 4.78 is 1.25. The number of nitrogens with one attached hydrogen (secondary N) is 3. The Bertz CT molecular complexity index is 638. The fourth-order valence-electron chi connectivity index (χ4n) is 1.47. The fraction of sp³-hybridized carbons (Fsp3) is 0.444. The number of aryl methyl sites for hydroxylation is 1. The van der Waals surface area contributed by atoms with E-state index < -0.39 is 11.2 Å². The Morgan fingerprint density at radius 1 is 1.41 bits per heavy atom. The van der Waals surface area contributed by atoms with E-state index in [1.807, 2.05) is 0 Å². The van der Waals surface area contributed by atoms with Crippen LogP contribution >= 0.6 is 0 Å². The number of aromatic nitrogens is 4. The second kappa shape index (κ2) is 4.42. The first kappa shape index (κ1) is 11.4. The molecule has 0 aliphatic rings. The Labute approximate surface area is 95.3 Å². The summed E-state index contributed by atoms with van der Waals surface area (Å²) in [6.45, 7) is 0.606. The number of anilines is 1. The van der Waals surface area contributed by atoms with Gasteiger partial charge in [-0.2, -0.15) is 4.98 Å². The van der Waals surface area contributed by atoms with Gasteiger partial charge in [0.15, 0.2) is 11.2 Å². The molecule has 0 atom stereocenters. The smallest absolute Gasteiger partial charge is 0.329 e. The summed E-state index contributed by atoms with van der Waals surface area (Å²) in [5, 5.41) is 11.6. The van der Waals surface area contributed by atoms with Gasteiger partial charge in [0, 0.05) is 20.2 Å². The third-order valence-corrected chi connectivity index (χ3v) is 2.38. The standard InChI is InChI=1S/C9H13N5O3/c1-14-6-5(7(16)13-9(14)17)11-8(12-6)10-3-2-4-15/h15H,2-4H2,1H3,(H2,10,11,12)(H,13,16,17). The molecule has 17 heavy (non-hydrogen) atoms. The molecule has 8 heteroatoms. The summed E-state index contributed by atoms with van der Waals surface area (Å²) >= 11 is 0. The maximum atomic E-state index is 11.5. The Morgan fingerprint density at radius 3 is 2.88 bits per heavy atom. The lowest BCUT2D eigenvalue weighted by atomic mass is 10.4. The van der Waals surface area contributed by atoms with Crippen LogP contribution < -0.4 is 16.6 Å². The number of aliphatic hydroxyl groups excluding tert-OH is 1. The minimum atomic E-state index is -0.504. The number of hydrogen-bond acceptors (Lipinski definition) is 5. The number of aromatic amines is 2. The number of fused-ring (bicyclic) bond motifs is 1. The molecule has 0 unspecified atom stereocenters. The van der Waals surface area contributed by atoms with Crippen LogP contribution in [0.2, 0.25) is 0 Å².